The third-order valence-corrected chi connectivity index (χ3v) is 5.62. The van der Waals surface area contributed by atoms with E-state index in [2.05, 4.69) is 44.3 Å². The van der Waals surface area contributed by atoms with E-state index in [9.17, 15) is 4.79 Å². The van der Waals surface area contributed by atoms with Crippen molar-refractivity contribution in [3.05, 3.63) is 93.9 Å². The smallest absolute Gasteiger partial charge is 0.251 e. The molecule has 0 atom stereocenters. The zero-order valence-corrected chi connectivity index (χ0v) is 17.2. The number of amides is 1. The van der Waals surface area contributed by atoms with Crippen molar-refractivity contribution < 1.29 is 9.21 Å². The van der Waals surface area contributed by atoms with Crippen molar-refractivity contribution in [1.29, 1.82) is 0 Å². The van der Waals surface area contributed by atoms with Crippen LogP contribution < -0.4 is 5.32 Å². The Balaban J connectivity index is 1.46. The molecule has 2 aromatic carbocycles. The standard InChI is InChI=1S/C23H23BrN2O2/c24-22-6-2-1-4-19(22)15-26(16-21-5-3-13-28-21)14-17-7-9-18(10-8-17)23(27)25-20-11-12-20/h1-10,13,20H,11-12,14-16H2,(H,25,27). The molecule has 4 rings (SSSR count). The summed E-state index contributed by atoms with van der Waals surface area (Å²) >= 11 is 3.64. The third-order valence-electron chi connectivity index (χ3n) is 4.85. The van der Waals surface area contributed by atoms with E-state index in [0.29, 0.717) is 6.04 Å². The molecule has 1 aliphatic rings. The topological polar surface area (TPSA) is 45.5 Å². The molecule has 0 unspecified atom stereocenters. The number of hydrogen-bond acceptors (Lipinski definition) is 3. The van der Waals surface area contributed by atoms with E-state index >= 15 is 0 Å². The highest BCUT2D eigenvalue weighted by molar-refractivity contribution is 9.10. The van der Waals surface area contributed by atoms with Crippen molar-refractivity contribution in [3.8, 4) is 0 Å². The molecule has 1 heterocycles. The number of nitrogens with one attached hydrogen (secondary N) is 1. The third kappa shape index (κ3) is 5.12. The highest BCUT2D eigenvalue weighted by atomic mass is 79.9. The Morgan fingerprint density at radius 3 is 2.46 bits per heavy atom. The van der Waals surface area contributed by atoms with Gasteiger partial charge in [-0.1, -0.05) is 46.3 Å². The van der Waals surface area contributed by atoms with E-state index in [4.69, 9.17) is 4.42 Å². The molecule has 5 heteroatoms. The van der Waals surface area contributed by atoms with Crippen LogP contribution in [0.3, 0.4) is 0 Å². The lowest BCUT2D eigenvalue weighted by Crippen LogP contribution is -2.25. The zero-order valence-electron chi connectivity index (χ0n) is 15.6. The maximum absolute atomic E-state index is 12.2. The van der Waals surface area contributed by atoms with E-state index in [1.807, 2.05) is 42.5 Å². The first-order chi connectivity index (χ1) is 13.7. The summed E-state index contributed by atoms with van der Waals surface area (Å²) in [7, 11) is 0. The number of halogens is 1. The summed E-state index contributed by atoms with van der Waals surface area (Å²) < 4.78 is 6.66. The predicted octanol–water partition coefficient (Wildman–Crippen LogP) is 5.14. The van der Waals surface area contributed by atoms with Crippen molar-refractivity contribution in [2.45, 2.75) is 38.5 Å². The van der Waals surface area contributed by atoms with E-state index < -0.39 is 0 Å². The molecule has 0 bridgehead atoms. The minimum absolute atomic E-state index is 0.0229. The molecule has 144 valence electrons. The second-order valence-electron chi connectivity index (χ2n) is 7.26. The molecule has 0 spiro atoms. The van der Waals surface area contributed by atoms with Gasteiger partial charge in [0.1, 0.15) is 5.76 Å². The summed E-state index contributed by atoms with van der Waals surface area (Å²) in [5, 5.41) is 3.03. The van der Waals surface area contributed by atoms with Crippen LogP contribution in [-0.4, -0.2) is 16.8 Å². The molecule has 3 aromatic rings. The van der Waals surface area contributed by atoms with Gasteiger partial charge in [0.2, 0.25) is 0 Å². The molecule has 0 radical (unpaired) electrons. The number of hydrogen-bond donors (Lipinski definition) is 1. The van der Waals surface area contributed by atoms with Crippen LogP contribution in [0.4, 0.5) is 0 Å². The molecule has 28 heavy (non-hydrogen) atoms. The van der Waals surface area contributed by atoms with E-state index in [1.54, 1.807) is 6.26 Å². The lowest BCUT2D eigenvalue weighted by molar-refractivity contribution is 0.0951. The highest BCUT2D eigenvalue weighted by Crippen LogP contribution is 2.22. The number of carbonyl (C=O) groups excluding carboxylic acids is 1. The number of carbonyl (C=O) groups is 1. The van der Waals surface area contributed by atoms with Crippen molar-refractivity contribution in [1.82, 2.24) is 10.2 Å². The predicted molar refractivity (Wildman–Crippen MR) is 113 cm³/mol. The van der Waals surface area contributed by atoms with Crippen molar-refractivity contribution in [2.75, 3.05) is 0 Å². The average molecular weight is 439 g/mol. The Bertz CT molecular complexity index is 918. The normalized spacial score (nSPS) is 13.6. The fraction of sp³-hybridized carbons (Fsp3) is 0.261. The van der Waals surface area contributed by atoms with E-state index in [0.717, 1.165) is 48.3 Å². The number of rotatable bonds is 8. The highest BCUT2D eigenvalue weighted by Gasteiger charge is 2.23. The fourth-order valence-electron chi connectivity index (χ4n) is 3.17. The lowest BCUT2D eigenvalue weighted by atomic mass is 10.1. The van der Waals surface area contributed by atoms with Gasteiger partial charge >= 0.3 is 0 Å². The zero-order chi connectivity index (χ0) is 19.3. The quantitative estimate of drug-likeness (QED) is 0.529. The Labute approximate surface area is 173 Å². The molecule has 1 N–H and O–H groups in total. The lowest BCUT2D eigenvalue weighted by Gasteiger charge is -2.22. The van der Waals surface area contributed by atoms with Gasteiger partial charge in [-0.2, -0.15) is 0 Å². The first-order valence-corrected chi connectivity index (χ1v) is 10.3. The molecule has 1 aromatic heterocycles. The molecule has 1 amide bonds. The van der Waals surface area contributed by atoms with Crippen LogP contribution in [0.5, 0.6) is 0 Å². The molecule has 4 nitrogen and oxygen atoms in total. The summed E-state index contributed by atoms with van der Waals surface area (Å²) in [6.45, 7) is 2.29. The Hall–Kier alpha value is -2.37. The molecular weight excluding hydrogens is 416 g/mol. The van der Waals surface area contributed by atoms with Crippen LogP contribution in [0.25, 0.3) is 0 Å². The van der Waals surface area contributed by atoms with Gasteiger partial charge in [-0.15, -0.1) is 0 Å². The van der Waals surface area contributed by atoms with Gasteiger partial charge in [0, 0.05) is 29.2 Å². The van der Waals surface area contributed by atoms with Crippen molar-refractivity contribution in [2.24, 2.45) is 0 Å². The van der Waals surface area contributed by atoms with Gasteiger partial charge < -0.3 is 9.73 Å². The second-order valence-corrected chi connectivity index (χ2v) is 8.11. The fourth-order valence-corrected chi connectivity index (χ4v) is 3.58. The molecular formula is C23H23BrN2O2. The number of furan rings is 1. The first kappa shape index (κ1) is 19.0. The Morgan fingerprint density at radius 2 is 1.79 bits per heavy atom. The van der Waals surface area contributed by atoms with Crippen LogP contribution in [0, 0.1) is 0 Å². The van der Waals surface area contributed by atoms with Gasteiger partial charge in [0.15, 0.2) is 0 Å². The minimum Gasteiger partial charge on any atom is -0.468 e. The van der Waals surface area contributed by atoms with Crippen molar-refractivity contribution >= 4 is 21.8 Å². The minimum atomic E-state index is 0.0229. The molecule has 1 aliphatic carbocycles. The average Bonchev–Trinajstić information content (AvgIpc) is 3.36. The van der Waals surface area contributed by atoms with Gasteiger partial charge in [-0.05, 0) is 54.3 Å². The molecule has 1 saturated carbocycles. The number of benzene rings is 2. The van der Waals surface area contributed by atoms with Crippen LogP contribution in [0.15, 0.2) is 75.8 Å². The summed E-state index contributed by atoms with van der Waals surface area (Å²) in [4.78, 5) is 14.5. The largest absolute Gasteiger partial charge is 0.468 e. The van der Waals surface area contributed by atoms with Crippen LogP contribution in [-0.2, 0) is 19.6 Å². The van der Waals surface area contributed by atoms with Gasteiger partial charge in [-0.25, -0.2) is 0 Å². The maximum atomic E-state index is 12.2. The summed E-state index contributed by atoms with van der Waals surface area (Å²) in [6, 6.07) is 20.5. The second kappa shape index (κ2) is 8.76. The van der Waals surface area contributed by atoms with E-state index in [1.165, 1.54) is 11.1 Å². The summed E-state index contributed by atoms with van der Waals surface area (Å²) in [5.74, 6) is 0.960. The molecule has 0 saturated heterocycles. The van der Waals surface area contributed by atoms with E-state index in [-0.39, 0.29) is 5.91 Å². The van der Waals surface area contributed by atoms with Crippen LogP contribution >= 0.6 is 15.9 Å². The summed E-state index contributed by atoms with van der Waals surface area (Å²) in [5.41, 5.74) is 3.12. The Morgan fingerprint density at radius 1 is 1.00 bits per heavy atom. The Kier molecular flexibility index (Phi) is 5.93. The van der Waals surface area contributed by atoms with Crippen LogP contribution in [0.1, 0.15) is 40.1 Å². The van der Waals surface area contributed by atoms with Crippen LogP contribution in [0.2, 0.25) is 0 Å². The first-order valence-electron chi connectivity index (χ1n) is 9.55. The number of nitrogens with zero attached hydrogens (tertiary/aromatic N) is 1. The van der Waals surface area contributed by atoms with Crippen molar-refractivity contribution in [3.63, 3.8) is 0 Å². The molecule has 0 aliphatic heterocycles. The monoisotopic (exact) mass is 438 g/mol. The maximum Gasteiger partial charge on any atom is 0.251 e. The van der Waals surface area contributed by atoms with Gasteiger partial charge in [0.25, 0.3) is 5.91 Å². The summed E-state index contributed by atoms with van der Waals surface area (Å²) in [6.07, 6.45) is 3.90. The SMILES string of the molecule is O=C(NC1CC1)c1ccc(CN(Cc2ccco2)Cc2ccccc2Br)cc1. The van der Waals surface area contributed by atoms with Gasteiger partial charge in [-0.3, -0.25) is 9.69 Å². The van der Waals surface area contributed by atoms with Gasteiger partial charge in [0.05, 0.1) is 12.8 Å². The molecule has 1 fully saturated rings.